The fourth-order valence-electron chi connectivity index (χ4n) is 1.41. The van der Waals surface area contributed by atoms with Crippen LogP contribution < -0.4 is 10.6 Å². The molecule has 2 rings (SSSR count). The van der Waals surface area contributed by atoms with Crippen molar-refractivity contribution in [2.24, 2.45) is 0 Å². The zero-order valence-electron chi connectivity index (χ0n) is 9.08. The zero-order chi connectivity index (χ0) is 10.7. The third-order valence-corrected chi connectivity index (χ3v) is 4.21. The van der Waals surface area contributed by atoms with E-state index in [9.17, 15) is 9.46 Å². The summed E-state index contributed by atoms with van der Waals surface area (Å²) in [6.07, 6.45) is 0. The summed E-state index contributed by atoms with van der Waals surface area (Å²) in [6.45, 7) is 0. The third-order valence-electron chi connectivity index (χ3n) is 2.21. The van der Waals surface area contributed by atoms with Crippen LogP contribution >= 0.6 is 7.37 Å². The van der Waals surface area contributed by atoms with Crippen LogP contribution in [-0.2, 0) is 4.57 Å². The van der Waals surface area contributed by atoms with Crippen LogP contribution in [0.25, 0.3) is 0 Å². The molecule has 0 saturated heterocycles. The molecule has 0 aliphatic rings. The molecule has 4 heteroatoms. The van der Waals surface area contributed by atoms with Crippen molar-refractivity contribution >= 4 is 36.8 Å². The average Bonchev–Trinajstić information content (AvgIpc) is 2.31. The number of hydrogen-bond donors (Lipinski definition) is 1. The molecule has 0 bridgehead atoms. The molecule has 0 amide bonds. The average molecular weight is 225 g/mol. The van der Waals surface area contributed by atoms with E-state index in [1.807, 2.05) is 12.1 Å². The van der Waals surface area contributed by atoms with E-state index < -0.39 is 7.37 Å². The molecule has 16 heavy (non-hydrogen) atoms. The Morgan fingerprint density at radius 3 is 1.38 bits per heavy atom. The SMILES string of the molecule is O=P(O)(c1ccccc1)c1ccccc1.[Li]. The fraction of sp³-hybridized carbons (Fsp3) is 0. The maximum absolute atomic E-state index is 12.2. The Balaban J connectivity index is 0.00000128. The summed E-state index contributed by atoms with van der Waals surface area (Å²) in [4.78, 5) is 10.0. The molecule has 1 radical (unpaired) electrons. The molecule has 0 aliphatic carbocycles. The molecule has 2 aromatic carbocycles. The molecule has 2 aromatic rings. The van der Waals surface area contributed by atoms with Gasteiger partial charge in [-0.25, -0.2) is 0 Å². The summed E-state index contributed by atoms with van der Waals surface area (Å²) in [7, 11) is -3.40. The van der Waals surface area contributed by atoms with Crippen molar-refractivity contribution in [3.05, 3.63) is 60.7 Å². The normalized spacial score (nSPS) is 10.6. The van der Waals surface area contributed by atoms with Crippen molar-refractivity contribution in [2.75, 3.05) is 0 Å². The Bertz CT molecular complexity index is 441. The molecule has 1 N–H and O–H groups in total. The maximum atomic E-state index is 12.2. The Kier molecular flexibility index (Phi) is 4.59. The molecule has 77 valence electrons. The zero-order valence-corrected chi connectivity index (χ0v) is 9.97. The quantitative estimate of drug-likeness (QED) is 0.621. The van der Waals surface area contributed by atoms with Crippen LogP contribution in [0.5, 0.6) is 0 Å². The maximum Gasteiger partial charge on any atom is 0.258 e. The van der Waals surface area contributed by atoms with Crippen LogP contribution in [0.15, 0.2) is 60.7 Å². The summed E-state index contributed by atoms with van der Waals surface area (Å²) < 4.78 is 12.2. The van der Waals surface area contributed by atoms with Crippen molar-refractivity contribution in [3.63, 3.8) is 0 Å². The van der Waals surface area contributed by atoms with Gasteiger partial charge in [0, 0.05) is 29.5 Å². The number of rotatable bonds is 2. The van der Waals surface area contributed by atoms with Crippen molar-refractivity contribution in [3.8, 4) is 0 Å². The summed E-state index contributed by atoms with van der Waals surface area (Å²) in [6, 6.07) is 17.4. The van der Waals surface area contributed by atoms with Gasteiger partial charge in [-0.2, -0.15) is 0 Å². The summed E-state index contributed by atoms with van der Waals surface area (Å²) >= 11 is 0. The van der Waals surface area contributed by atoms with E-state index in [4.69, 9.17) is 0 Å². The Morgan fingerprint density at radius 2 is 1.06 bits per heavy atom. The van der Waals surface area contributed by atoms with E-state index in [0.29, 0.717) is 10.6 Å². The molecule has 2 nitrogen and oxygen atoms in total. The second-order valence-corrected chi connectivity index (χ2v) is 5.43. The minimum Gasteiger partial charge on any atom is -0.338 e. The van der Waals surface area contributed by atoms with Crippen molar-refractivity contribution in [1.82, 2.24) is 0 Å². The first kappa shape index (κ1) is 13.3. The summed E-state index contributed by atoms with van der Waals surface area (Å²) in [5, 5.41) is 0.937. The standard InChI is InChI=1S/C12H11O2P.Li/c13-15(14,11-7-3-1-4-8-11)12-9-5-2-6-10-12;/h1-10H,(H,13,14);. The second-order valence-electron chi connectivity index (χ2n) is 3.25. The van der Waals surface area contributed by atoms with Crippen molar-refractivity contribution in [2.45, 2.75) is 0 Å². The molecule has 0 aromatic heterocycles. The molecule has 0 heterocycles. The molecule has 0 aliphatic heterocycles. The molecule has 0 atom stereocenters. The Morgan fingerprint density at radius 1 is 0.750 bits per heavy atom. The Labute approximate surface area is 107 Å². The van der Waals surface area contributed by atoms with Gasteiger partial charge in [-0.15, -0.1) is 0 Å². The number of hydrogen-bond acceptors (Lipinski definition) is 1. The molecular formula is C12H11LiO2P. The largest absolute Gasteiger partial charge is 0.338 e. The van der Waals surface area contributed by atoms with Crippen LogP contribution in [0, 0.1) is 0 Å². The first-order valence-electron chi connectivity index (χ1n) is 4.65. The van der Waals surface area contributed by atoms with E-state index in [1.54, 1.807) is 48.5 Å². The van der Waals surface area contributed by atoms with Gasteiger partial charge in [-0.1, -0.05) is 36.4 Å². The summed E-state index contributed by atoms with van der Waals surface area (Å²) in [5.74, 6) is 0. The predicted molar refractivity (Wildman–Crippen MR) is 67.7 cm³/mol. The van der Waals surface area contributed by atoms with E-state index in [2.05, 4.69) is 0 Å². The van der Waals surface area contributed by atoms with Gasteiger partial charge in [0.2, 0.25) is 0 Å². The second kappa shape index (κ2) is 5.52. The van der Waals surface area contributed by atoms with Gasteiger partial charge in [0.1, 0.15) is 0 Å². The first-order chi connectivity index (χ1) is 7.21. The van der Waals surface area contributed by atoms with Crippen LogP contribution in [0.4, 0.5) is 0 Å². The van der Waals surface area contributed by atoms with Crippen LogP contribution in [0.3, 0.4) is 0 Å². The van der Waals surface area contributed by atoms with Gasteiger partial charge in [0.05, 0.1) is 0 Å². The third kappa shape index (κ3) is 2.67. The minimum atomic E-state index is -3.40. The van der Waals surface area contributed by atoms with Crippen molar-refractivity contribution in [1.29, 1.82) is 0 Å². The van der Waals surface area contributed by atoms with E-state index in [1.165, 1.54) is 0 Å². The van der Waals surface area contributed by atoms with Crippen LogP contribution in [0.1, 0.15) is 0 Å². The number of benzene rings is 2. The van der Waals surface area contributed by atoms with Gasteiger partial charge < -0.3 is 4.89 Å². The Hall–Kier alpha value is -0.773. The fourth-order valence-corrected chi connectivity index (χ4v) is 2.86. The predicted octanol–water partition coefficient (Wildman–Crippen LogP) is 1.53. The van der Waals surface area contributed by atoms with Gasteiger partial charge in [-0.05, 0) is 24.3 Å². The minimum absolute atomic E-state index is 0. The van der Waals surface area contributed by atoms with E-state index in [-0.39, 0.29) is 18.9 Å². The van der Waals surface area contributed by atoms with Crippen LogP contribution in [0.2, 0.25) is 0 Å². The topological polar surface area (TPSA) is 37.3 Å². The first-order valence-corrected chi connectivity index (χ1v) is 6.31. The van der Waals surface area contributed by atoms with Gasteiger partial charge in [-0.3, -0.25) is 4.57 Å². The molecule has 0 saturated carbocycles. The monoisotopic (exact) mass is 225 g/mol. The van der Waals surface area contributed by atoms with Gasteiger partial charge in [0.25, 0.3) is 7.37 Å². The van der Waals surface area contributed by atoms with E-state index >= 15 is 0 Å². The molecule has 0 spiro atoms. The van der Waals surface area contributed by atoms with Crippen LogP contribution in [-0.4, -0.2) is 23.8 Å². The molecule has 0 unspecified atom stereocenters. The van der Waals surface area contributed by atoms with E-state index in [0.717, 1.165) is 0 Å². The smallest absolute Gasteiger partial charge is 0.258 e. The summed E-state index contributed by atoms with van der Waals surface area (Å²) in [5.41, 5.74) is 0. The van der Waals surface area contributed by atoms with Gasteiger partial charge >= 0.3 is 0 Å². The van der Waals surface area contributed by atoms with Crippen molar-refractivity contribution < 1.29 is 9.46 Å². The molecular weight excluding hydrogens is 214 g/mol. The van der Waals surface area contributed by atoms with Gasteiger partial charge in [0.15, 0.2) is 0 Å². The molecule has 0 fully saturated rings.